The molecule has 0 radical (unpaired) electrons. The zero-order valence-corrected chi connectivity index (χ0v) is 15.3. The van der Waals surface area contributed by atoms with Gasteiger partial charge in [0, 0.05) is 23.8 Å². The van der Waals surface area contributed by atoms with Gasteiger partial charge in [-0.25, -0.2) is 4.98 Å². The van der Waals surface area contributed by atoms with Crippen LogP contribution in [0.3, 0.4) is 0 Å². The normalized spacial score (nSPS) is 24.4. The van der Waals surface area contributed by atoms with Gasteiger partial charge in [0.05, 0.1) is 25.6 Å². The van der Waals surface area contributed by atoms with Crippen LogP contribution in [0.5, 0.6) is 0 Å². The van der Waals surface area contributed by atoms with Crippen molar-refractivity contribution < 1.29 is 9.47 Å². The Morgan fingerprint density at radius 1 is 1.29 bits per heavy atom. The van der Waals surface area contributed by atoms with E-state index in [9.17, 15) is 0 Å². The number of rotatable bonds is 5. The lowest BCUT2D eigenvalue weighted by molar-refractivity contribution is -0.191. The van der Waals surface area contributed by atoms with E-state index in [0.717, 1.165) is 17.9 Å². The van der Waals surface area contributed by atoms with Crippen LogP contribution in [0, 0.1) is 5.41 Å². The number of aryl methyl sites for hydroxylation is 1. The van der Waals surface area contributed by atoms with Crippen molar-refractivity contribution >= 4 is 11.6 Å². The predicted molar refractivity (Wildman–Crippen MR) is 95.0 cm³/mol. The minimum atomic E-state index is -0.613. The van der Waals surface area contributed by atoms with E-state index in [1.54, 1.807) is 12.5 Å². The lowest BCUT2D eigenvalue weighted by Gasteiger charge is -2.31. The third-order valence-electron chi connectivity index (χ3n) is 4.51. The van der Waals surface area contributed by atoms with Gasteiger partial charge in [0.2, 0.25) is 0 Å². The highest BCUT2D eigenvalue weighted by atomic mass is 35.5. The largest absolute Gasteiger partial charge is 0.345 e. The van der Waals surface area contributed by atoms with Crippen molar-refractivity contribution in [2.75, 3.05) is 6.61 Å². The van der Waals surface area contributed by atoms with E-state index >= 15 is 0 Å². The van der Waals surface area contributed by atoms with Crippen molar-refractivity contribution in [3.05, 3.63) is 53.6 Å². The summed E-state index contributed by atoms with van der Waals surface area (Å²) in [5, 5.41) is 0.757. The molecule has 0 amide bonds. The number of hydrogen-bond acceptors (Lipinski definition) is 3. The Morgan fingerprint density at radius 3 is 2.62 bits per heavy atom. The van der Waals surface area contributed by atoms with E-state index in [-0.39, 0.29) is 11.5 Å². The molecule has 0 N–H and O–H groups in total. The van der Waals surface area contributed by atoms with Gasteiger partial charge < -0.3 is 14.0 Å². The molecule has 2 atom stereocenters. The Labute approximate surface area is 148 Å². The molecule has 2 unspecified atom stereocenters. The molecule has 0 spiro atoms. The maximum Gasteiger partial charge on any atom is 0.187 e. The van der Waals surface area contributed by atoms with Crippen LogP contribution in [0.1, 0.15) is 32.8 Å². The second kappa shape index (κ2) is 6.87. The molecular weight excluding hydrogens is 324 g/mol. The minimum absolute atomic E-state index is 0.0525. The Morgan fingerprint density at radius 2 is 2.04 bits per heavy atom. The third kappa shape index (κ3) is 4.18. The maximum atomic E-state index is 6.44. The zero-order chi connectivity index (χ0) is 17.2. The van der Waals surface area contributed by atoms with Crippen LogP contribution in [0.4, 0.5) is 0 Å². The highest BCUT2D eigenvalue weighted by Gasteiger charge is 2.45. The number of halogens is 1. The van der Waals surface area contributed by atoms with Gasteiger partial charge in [-0.1, -0.05) is 44.5 Å². The molecule has 0 aliphatic carbocycles. The molecule has 1 saturated heterocycles. The van der Waals surface area contributed by atoms with Crippen LogP contribution < -0.4 is 0 Å². The number of ether oxygens (including phenoxy) is 2. The summed E-state index contributed by atoms with van der Waals surface area (Å²) in [5.41, 5.74) is 1.28. The van der Waals surface area contributed by atoms with Crippen molar-refractivity contribution in [3.8, 4) is 0 Å². The predicted octanol–water partition coefficient (Wildman–Crippen LogP) is 4.33. The highest BCUT2D eigenvalue weighted by molar-refractivity contribution is 6.30. The molecule has 3 rings (SSSR count). The minimum Gasteiger partial charge on any atom is -0.345 e. The molecule has 0 saturated carbocycles. The van der Waals surface area contributed by atoms with Crippen LogP contribution in [-0.2, 0) is 22.4 Å². The molecule has 0 bridgehead atoms. The van der Waals surface area contributed by atoms with E-state index in [2.05, 4.69) is 37.9 Å². The van der Waals surface area contributed by atoms with Gasteiger partial charge in [-0.3, -0.25) is 0 Å². The number of aromatic nitrogens is 2. The molecular formula is C19H25ClN2O2. The highest BCUT2D eigenvalue weighted by Crippen LogP contribution is 2.37. The second-order valence-corrected chi connectivity index (χ2v) is 7.99. The van der Waals surface area contributed by atoms with Gasteiger partial charge in [0.1, 0.15) is 0 Å². The van der Waals surface area contributed by atoms with E-state index in [0.29, 0.717) is 13.2 Å². The smallest absolute Gasteiger partial charge is 0.187 e. The number of benzene rings is 1. The molecule has 5 heteroatoms. The van der Waals surface area contributed by atoms with Crippen LogP contribution >= 0.6 is 11.6 Å². The van der Waals surface area contributed by atoms with Crippen molar-refractivity contribution in [3.63, 3.8) is 0 Å². The average molecular weight is 349 g/mol. The summed E-state index contributed by atoms with van der Waals surface area (Å²) < 4.78 is 14.7. The first kappa shape index (κ1) is 17.5. The number of imidazole rings is 1. The summed E-state index contributed by atoms with van der Waals surface area (Å²) in [6.07, 6.45) is 7.29. The first-order valence-corrected chi connectivity index (χ1v) is 8.76. The number of hydrogen-bond donors (Lipinski definition) is 0. The Hall–Kier alpha value is -1.36. The third-order valence-corrected chi connectivity index (χ3v) is 4.76. The molecule has 1 aliphatic heterocycles. The quantitative estimate of drug-likeness (QED) is 0.807. The summed E-state index contributed by atoms with van der Waals surface area (Å²) in [6.45, 7) is 7.83. The van der Waals surface area contributed by atoms with Crippen LogP contribution in [0.25, 0.3) is 0 Å². The van der Waals surface area contributed by atoms with Crippen LogP contribution in [0.15, 0.2) is 43.0 Å². The fourth-order valence-electron chi connectivity index (χ4n) is 2.92. The lowest BCUT2D eigenvalue weighted by Crippen LogP contribution is -2.38. The van der Waals surface area contributed by atoms with Crippen molar-refractivity contribution in [2.45, 2.75) is 52.0 Å². The van der Waals surface area contributed by atoms with Crippen LogP contribution in [0.2, 0.25) is 5.02 Å². The van der Waals surface area contributed by atoms with E-state index in [4.69, 9.17) is 21.1 Å². The summed E-state index contributed by atoms with van der Waals surface area (Å²) >= 11 is 5.97. The van der Waals surface area contributed by atoms with Gasteiger partial charge in [-0.05, 0) is 29.5 Å². The standard InChI is InChI=1S/C19H25ClN2O2/c1-18(2,3)17-12-23-19(24-17,13-22-11-10-21-14-22)9-8-15-4-6-16(20)7-5-15/h4-7,10-11,14,17H,8-9,12-13H2,1-3H3. The monoisotopic (exact) mass is 348 g/mol. The maximum absolute atomic E-state index is 6.44. The van der Waals surface area contributed by atoms with Gasteiger partial charge in [-0.2, -0.15) is 0 Å². The lowest BCUT2D eigenvalue weighted by atomic mass is 9.90. The summed E-state index contributed by atoms with van der Waals surface area (Å²) in [7, 11) is 0. The van der Waals surface area contributed by atoms with E-state index in [1.807, 2.05) is 22.9 Å². The molecule has 1 fully saturated rings. The van der Waals surface area contributed by atoms with Gasteiger partial charge in [-0.15, -0.1) is 0 Å². The molecule has 4 nitrogen and oxygen atoms in total. The number of nitrogens with zero attached hydrogens (tertiary/aromatic N) is 2. The molecule has 1 aliphatic rings. The molecule has 130 valence electrons. The van der Waals surface area contributed by atoms with Gasteiger partial charge in [0.25, 0.3) is 0 Å². The SMILES string of the molecule is CC(C)(C)C1COC(CCc2ccc(Cl)cc2)(Cn2ccnc2)O1. The first-order chi connectivity index (χ1) is 11.4. The van der Waals surface area contributed by atoms with Gasteiger partial charge in [0.15, 0.2) is 5.79 Å². The van der Waals surface area contributed by atoms with Crippen molar-refractivity contribution in [1.29, 1.82) is 0 Å². The first-order valence-electron chi connectivity index (χ1n) is 8.38. The summed E-state index contributed by atoms with van der Waals surface area (Å²) in [6, 6.07) is 7.97. The Bertz CT molecular complexity index is 649. The van der Waals surface area contributed by atoms with Crippen molar-refractivity contribution in [2.24, 2.45) is 5.41 Å². The molecule has 24 heavy (non-hydrogen) atoms. The van der Waals surface area contributed by atoms with E-state index in [1.165, 1.54) is 5.56 Å². The Balaban J connectivity index is 1.74. The average Bonchev–Trinajstić information content (AvgIpc) is 3.17. The molecule has 2 aromatic rings. The molecule has 2 heterocycles. The molecule has 1 aromatic carbocycles. The Kier molecular flexibility index (Phi) is 5.00. The van der Waals surface area contributed by atoms with Crippen molar-refractivity contribution in [1.82, 2.24) is 9.55 Å². The second-order valence-electron chi connectivity index (χ2n) is 7.56. The summed E-state index contributed by atoms with van der Waals surface area (Å²) in [5.74, 6) is -0.613. The summed E-state index contributed by atoms with van der Waals surface area (Å²) in [4.78, 5) is 4.13. The van der Waals surface area contributed by atoms with E-state index < -0.39 is 5.79 Å². The van der Waals surface area contributed by atoms with Gasteiger partial charge >= 0.3 is 0 Å². The molecule has 1 aromatic heterocycles. The zero-order valence-electron chi connectivity index (χ0n) is 14.5. The van der Waals surface area contributed by atoms with Crippen LogP contribution in [-0.4, -0.2) is 28.0 Å². The fraction of sp³-hybridized carbons (Fsp3) is 0.526. The topological polar surface area (TPSA) is 36.3 Å². The fourth-order valence-corrected chi connectivity index (χ4v) is 3.04.